The number of aliphatic hydroxyl groups excluding tert-OH is 1. The van der Waals surface area contributed by atoms with Gasteiger partial charge in [0, 0.05) is 16.5 Å². The summed E-state index contributed by atoms with van der Waals surface area (Å²) in [6.45, 7) is 0. The Bertz CT molecular complexity index is 651. The first-order valence-electron chi connectivity index (χ1n) is 5.85. The van der Waals surface area contributed by atoms with Gasteiger partial charge in [0.15, 0.2) is 0 Å². The van der Waals surface area contributed by atoms with Crippen LogP contribution in [0, 0.1) is 4.91 Å². The zero-order valence-corrected chi connectivity index (χ0v) is 11.9. The summed E-state index contributed by atoms with van der Waals surface area (Å²) in [6, 6.07) is 11.7. The van der Waals surface area contributed by atoms with E-state index in [-0.39, 0.29) is 5.76 Å². The highest BCUT2D eigenvalue weighted by Gasteiger charge is 2.04. The van der Waals surface area contributed by atoms with Crippen molar-refractivity contribution in [3.63, 3.8) is 0 Å². The lowest BCUT2D eigenvalue weighted by Crippen LogP contribution is -1.91. The van der Waals surface area contributed by atoms with Gasteiger partial charge in [-0.15, -0.1) is 4.91 Å². The fraction of sp³-hybridized carbons (Fsp3) is 0.0667. The van der Waals surface area contributed by atoms with Crippen molar-refractivity contribution < 1.29 is 5.11 Å². The number of hydrogen-bond acceptors (Lipinski definition) is 3. The van der Waals surface area contributed by atoms with Crippen molar-refractivity contribution in [1.82, 2.24) is 0 Å². The molecule has 0 unspecified atom stereocenters. The SMILES string of the molecule is O=Nc1ccc(C=C(O)Cc2ccc(Cl)cc2Cl)cc1. The topological polar surface area (TPSA) is 49.7 Å². The third-order valence-corrected chi connectivity index (χ3v) is 3.31. The second kappa shape index (κ2) is 6.55. The zero-order chi connectivity index (χ0) is 14.5. The van der Waals surface area contributed by atoms with Crippen LogP contribution in [0.5, 0.6) is 0 Å². The molecule has 0 saturated carbocycles. The summed E-state index contributed by atoms with van der Waals surface area (Å²) in [5.41, 5.74) is 1.92. The molecule has 20 heavy (non-hydrogen) atoms. The van der Waals surface area contributed by atoms with Crippen LogP contribution >= 0.6 is 23.2 Å². The van der Waals surface area contributed by atoms with Gasteiger partial charge in [0.2, 0.25) is 0 Å². The minimum atomic E-state index is 0.168. The van der Waals surface area contributed by atoms with E-state index < -0.39 is 0 Å². The van der Waals surface area contributed by atoms with E-state index in [2.05, 4.69) is 5.18 Å². The number of halogens is 2. The molecule has 0 amide bonds. The van der Waals surface area contributed by atoms with Gasteiger partial charge in [0.25, 0.3) is 0 Å². The molecular weight excluding hydrogens is 297 g/mol. The predicted octanol–water partition coefficient (Wildman–Crippen LogP) is 5.53. The third kappa shape index (κ3) is 3.83. The molecule has 0 spiro atoms. The molecule has 1 N–H and O–H groups in total. The van der Waals surface area contributed by atoms with Crippen molar-refractivity contribution in [2.24, 2.45) is 5.18 Å². The molecule has 0 aromatic heterocycles. The number of rotatable bonds is 4. The van der Waals surface area contributed by atoms with Crippen LogP contribution in [0.1, 0.15) is 11.1 Å². The quantitative estimate of drug-likeness (QED) is 0.596. The molecule has 2 rings (SSSR count). The number of nitrogens with zero attached hydrogens (tertiary/aromatic N) is 1. The molecular formula is C15H11Cl2NO2. The second-order valence-corrected chi connectivity index (χ2v) is 5.07. The first kappa shape index (κ1) is 14.6. The Morgan fingerprint density at radius 2 is 1.85 bits per heavy atom. The molecule has 0 bridgehead atoms. The number of benzene rings is 2. The summed E-state index contributed by atoms with van der Waals surface area (Å²) in [5, 5.41) is 13.8. The van der Waals surface area contributed by atoms with Crippen molar-refractivity contribution in [2.45, 2.75) is 6.42 Å². The maximum Gasteiger partial charge on any atom is 0.108 e. The lowest BCUT2D eigenvalue weighted by Gasteiger charge is -2.04. The zero-order valence-electron chi connectivity index (χ0n) is 10.4. The minimum Gasteiger partial charge on any atom is -0.512 e. The Balaban J connectivity index is 2.15. The maximum absolute atomic E-state index is 10.3. The first-order chi connectivity index (χ1) is 9.58. The van der Waals surface area contributed by atoms with Gasteiger partial charge in [0.1, 0.15) is 5.69 Å². The summed E-state index contributed by atoms with van der Waals surface area (Å²) in [6.07, 6.45) is 1.92. The largest absolute Gasteiger partial charge is 0.512 e. The molecule has 0 atom stereocenters. The van der Waals surface area contributed by atoms with Crippen molar-refractivity contribution in [3.05, 3.63) is 74.3 Å². The summed E-state index contributed by atoms with van der Waals surface area (Å²) in [5.74, 6) is 0.168. The first-order valence-corrected chi connectivity index (χ1v) is 6.61. The fourth-order valence-electron chi connectivity index (χ4n) is 1.73. The number of nitroso groups, excluding NO2 is 1. The molecule has 0 fully saturated rings. The van der Waals surface area contributed by atoms with E-state index in [9.17, 15) is 10.0 Å². The Morgan fingerprint density at radius 1 is 1.15 bits per heavy atom. The molecule has 0 aliphatic heterocycles. The summed E-state index contributed by atoms with van der Waals surface area (Å²) in [7, 11) is 0. The lowest BCUT2D eigenvalue weighted by molar-refractivity contribution is 0.404. The van der Waals surface area contributed by atoms with Gasteiger partial charge >= 0.3 is 0 Å². The summed E-state index contributed by atoms with van der Waals surface area (Å²) in [4.78, 5) is 10.3. The molecule has 0 radical (unpaired) electrons. The van der Waals surface area contributed by atoms with Crippen LogP contribution in [0.25, 0.3) is 6.08 Å². The Hall–Kier alpha value is -1.84. The normalized spacial score (nSPS) is 11.4. The van der Waals surface area contributed by atoms with Gasteiger partial charge in [0.05, 0.1) is 5.76 Å². The van der Waals surface area contributed by atoms with Crippen molar-refractivity contribution in [3.8, 4) is 0 Å². The number of allylic oxidation sites excluding steroid dienone is 1. The monoisotopic (exact) mass is 307 g/mol. The van der Waals surface area contributed by atoms with Gasteiger partial charge in [-0.3, -0.25) is 0 Å². The van der Waals surface area contributed by atoms with Gasteiger partial charge in [-0.25, -0.2) is 0 Å². The molecule has 102 valence electrons. The van der Waals surface area contributed by atoms with E-state index in [0.717, 1.165) is 11.1 Å². The summed E-state index contributed by atoms with van der Waals surface area (Å²) < 4.78 is 0. The smallest absolute Gasteiger partial charge is 0.108 e. The highest BCUT2D eigenvalue weighted by atomic mass is 35.5. The average Bonchev–Trinajstić information content (AvgIpc) is 2.43. The molecule has 0 aliphatic carbocycles. The standard InChI is InChI=1S/C15H11Cl2NO2/c16-12-4-3-11(15(17)9-12)8-14(19)7-10-1-5-13(18-20)6-2-10/h1-7,9,19H,8H2. The molecule has 0 heterocycles. The van der Waals surface area contributed by atoms with Crippen LogP contribution in [0.2, 0.25) is 10.0 Å². The summed E-state index contributed by atoms with van der Waals surface area (Å²) >= 11 is 11.9. The number of hydrogen-bond donors (Lipinski definition) is 1. The highest BCUT2D eigenvalue weighted by Crippen LogP contribution is 2.23. The fourth-order valence-corrected chi connectivity index (χ4v) is 2.21. The Kier molecular flexibility index (Phi) is 4.77. The van der Waals surface area contributed by atoms with E-state index >= 15 is 0 Å². The van der Waals surface area contributed by atoms with Crippen LogP contribution in [0.3, 0.4) is 0 Å². The number of aliphatic hydroxyl groups is 1. The van der Waals surface area contributed by atoms with Gasteiger partial charge in [-0.1, -0.05) is 41.4 Å². The van der Waals surface area contributed by atoms with Crippen LogP contribution in [0.15, 0.2) is 53.4 Å². The van der Waals surface area contributed by atoms with Gasteiger partial charge < -0.3 is 5.11 Å². The predicted molar refractivity (Wildman–Crippen MR) is 82.7 cm³/mol. The van der Waals surface area contributed by atoms with E-state index in [1.807, 2.05) is 0 Å². The van der Waals surface area contributed by atoms with Gasteiger partial charge in [-0.2, -0.15) is 0 Å². The second-order valence-electron chi connectivity index (χ2n) is 4.23. The van der Waals surface area contributed by atoms with E-state index in [1.54, 1.807) is 48.5 Å². The minimum absolute atomic E-state index is 0.168. The van der Waals surface area contributed by atoms with Crippen molar-refractivity contribution in [2.75, 3.05) is 0 Å². The van der Waals surface area contributed by atoms with Crippen LogP contribution in [-0.4, -0.2) is 5.11 Å². The molecule has 2 aromatic carbocycles. The highest BCUT2D eigenvalue weighted by molar-refractivity contribution is 6.35. The third-order valence-electron chi connectivity index (χ3n) is 2.72. The molecule has 0 aliphatic rings. The average molecular weight is 308 g/mol. The van der Waals surface area contributed by atoms with Gasteiger partial charge in [-0.05, 0) is 46.6 Å². The lowest BCUT2D eigenvalue weighted by atomic mass is 10.1. The van der Waals surface area contributed by atoms with Crippen LogP contribution < -0.4 is 0 Å². The van der Waals surface area contributed by atoms with Crippen LogP contribution in [-0.2, 0) is 6.42 Å². The Morgan fingerprint density at radius 3 is 2.45 bits per heavy atom. The van der Waals surface area contributed by atoms with E-state index in [0.29, 0.717) is 22.2 Å². The van der Waals surface area contributed by atoms with Crippen molar-refractivity contribution in [1.29, 1.82) is 0 Å². The maximum atomic E-state index is 10.3. The van der Waals surface area contributed by atoms with Crippen LogP contribution in [0.4, 0.5) is 5.69 Å². The molecule has 0 saturated heterocycles. The molecule has 2 aromatic rings. The Labute approximate surface area is 126 Å². The molecule has 3 nitrogen and oxygen atoms in total. The molecule has 5 heteroatoms. The van der Waals surface area contributed by atoms with Crippen molar-refractivity contribution >= 4 is 35.0 Å². The van der Waals surface area contributed by atoms with E-state index in [4.69, 9.17) is 23.2 Å². The van der Waals surface area contributed by atoms with E-state index in [1.165, 1.54) is 0 Å².